The molecule has 0 aliphatic carbocycles. The molecule has 21 heavy (non-hydrogen) atoms. The van der Waals surface area contributed by atoms with Crippen molar-refractivity contribution in [1.82, 2.24) is 9.97 Å². The molecule has 3 rings (SSSR count). The van der Waals surface area contributed by atoms with Crippen LogP contribution < -0.4 is 5.32 Å². The Kier molecular flexibility index (Phi) is 3.86. The molecule has 0 spiro atoms. The van der Waals surface area contributed by atoms with Crippen LogP contribution in [0.25, 0.3) is 11.0 Å². The van der Waals surface area contributed by atoms with Gasteiger partial charge in [-0.05, 0) is 77.0 Å². The molecule has 0 bridgehead atoms. The molecule has 0 fully saturated rings. The van der Waals surface area contributed by atoms with Crippen molar-refractivity contribution < 1.29 is 4.79 Å². The number of fused-ring (bicyclic) bond motifs is 1. The van der Waals surface area contributed by atoms with Crippen LogP contribution in [0.3, 0.4) is 0 Å². The zero-order chi connectivity index (χ0) is 15.0. The normalized spacial score (nSPS) is 10.8. The molecule has 2 heterocycles. The number of aryl methyl sites for hydroxylation is 1. The second kappa shape index (κ2) is 5.65. The minimum Gasteiger partial charge on any atom is -0.341 e. The quantitative estimate of drug-likeness (QED) is 0.489. The van der Waals surface area contributed by atoms with E-state index in [-0.39, 0.29) is 0 Å². The second-order valence-electron chi connectivity index (χ2n) is 4.63. The molecule has 0 saturated heterocycles. The average Bonchev–Trinajstić information content (AvgIpc) is 2.80. The van der Waals surface area contributed by atoms with Gasteiger partial charge in [0.1, 0.15) is 11.5 Å². The topological polar surface area (TPSA) is 57.8 Å². The number of anilines is 2. The lowest BCUT2D eigenvalue weighted by molar-refractivity contribution is 0.108. The lowest BCUT2D eigenvalue weighted by Gasteiger charge is -2.09. The summed E-state index contributed by atoms with van der Waals surface area (Å²) >= 11 is 7.99. The molecule has 2 N–H and O–H groups in total. The van der Waals surface area contributed by atoms with Gasteiger partial charge in [-0.1, -0.05) is 0 Å². The summed E-state index contributed by atoms with van der Waals surface area (Å²) in [6, 6.07) is 9.63. The van der Waals surface area contributed by atoms with E-state index in [1.807, 2.05) is 25.1 Å². The Labute approximate surface area is 140 Å². The standard InChI is InChI=1S/C15H11ClIN3O/c1-8-7-9(17)4-5-11(8)19-15-12(13(16)21)10-3-2-6-18-14(10)20-15/h2-7,19H,1H3,(H,18,20). The lowest BCUT2D eigenvalue weighted by atomic mass is 10.2. The van der Waals surface area contributed by atoms with Crippen molar-refractivity contribution in [3.05, 3.63) is 51.2 Å². The van der Waals surface area contributed by atoms with Gasteiger partial charge in [0.05, 0.1) is 5.56 Å². The number of rotatable bonds is 3. The third kappa shape index (κ3) is 2.75. The lowest BCUT2D eigenvalue weighted by Crippen LogP contribution is -1.99. The van der Waals surface area contributed by atoms with E-state index in [1.165, 1.54) is 0 Å². The van der Waals surface area contributed by atoms with E-state index in [9.17, 15) is 4.79 Å². The van der Waals surface area contributed by atoms with E-state index in [4.69, 9.17) is 11.6 Å². The summed E-state index contributed by atoms with van der Waals surface area (Å²) < 4.78 is 1.16. The number of halogens is 2. The summed E-state index contributed by atoms with van der Waals surface area (Å²) in [6.07, 6.45) is 1.67. The number of H-pyrrole nitrogens is 1. The van der Waals surface area contributed by atoms with E-state index in [1.54, 1.807) is 12.3 Å². The van der Waals surface area contributed by atoms with E-state index >= 15 is 0 Å². The van der Waals surface area contributed by atoms with Gasteiger partial charge < -0.3 is 10.3 Å². The molecule has 6 heteroatoms. The summed E-state index contributed by atoms with van der Waals surface area (Å²) in [5.41, 5.74) is 3.05. The van der Waals surface area contributed by atoms with E-state index in [2.05, 4.69) is 43.9 Å². The van der Waals surface area contributed by atoms with Crippen LogP contribution in [-0.2, 0) is 0 Å². The summed E-state index contributed by atoms with van der Waals surface area (Å²) in [6.45, 7) is 2.01. The number of carbonyl (C=O) groups is 1. The van der Waals surface area contributed by atoms with Gasteiger partial charge in [0.15, 0.2) is 0 Å². The SMILES string of the molecule is Cc1cc(I)ccc1Nc1[nH]c2ncccc2c1C(=O)Cl. The van der Waals surface area contributed by atoms with Crippen molar-refractivity contribution in [1.29, 1.82) is 0 Å². The molecule has 0 aliphatic rings. The predicted octanol–water partition coefficient (Wildman–Crippen LogP) is 4.60. The second-order valence-corrected chi connectivity index (χ2v) is 6.22. The van der Waals surface area contributed by atoms with E-state index in [0.717, 1.165) is 14.8 Å². The molecule has 0 radical (unpaired) electrons. The molecule has 0 amide bonds. The highest BCUT2D eigenvalue weighted by Gasteiger charge is 2.18. The molecular formula is C15H11ClIN3O. The maximum absolute atomic E-state index is 11.7. The number of aromatic amines is 1. The Hall–Kier alpha value is -1.60. The number of hydrogen-bond acceptors (Lipinski definition) is 3. The van der Waals surface area contributed by atoms with Crippen LogP contribution in [0.1, 0.15) is 15.9 Å². The molecule has 106 valence electrons. The molecule has 0 saturated carbocycles. The van der Waals surface area contributed by atoms with Gasteiger partial charge in [-0.2, -0.15) is 0 Å². The molecular weight excluding hydrogens is 401 g/mol. The van der Waals surface area contributed by atoms with E-state index in [0.29, 0.717) is 22.4 Å². The largest absolute Gasteiger partial charge is 0.341 e. The fraction of sp³-hybridized carbons (Fsp3) is 0.0667. The molecule has 3 aromatic rings. The molecule has 0 unspecified atom stereocenters. The third-order valence-corrected chi connectivity index (χ3v) is 4.08. The molecule has 0 atom stereocenters. The van der Waals surface area contributed by atoms with Gasteiger partial charge >= 0.3 is 0 Å². The summed E-state index contributed by atoms with van der Waals surface area (Å²) in [5.74, 6) is 0.563. The van der Waals surface area contributed by atoms with Crippen LogP contribution in [0.5, 0.6) is 0 Å². The number of aromatic nitrogens is 2. The molecule has 1 aromatic carbocycles. The molecule has 2 aromatic heterocycles. The van der Waals surface area contributed by atoms with Gasteiger partial charge in [0.2, 0.25) is 0 Å². The van der Waals surface area contributed by atoms with Crippen molar-refractivity contribution in [3.63, 3.8) is 0 Å². The summed E-state index contributed by atoms with van der Waals surface area (Å²) in [5, 5.41) is 3.43. The summed E-state index contributed by atoms with van der Waals surface area (Å²) in [7, 11) is 0. The highest BCUT2D eigenvalue weighted by molar-refractivity contribution is 14.1. The smallest absolute Gasteiger partial charge is 0.256 e. The highest BCUT2D eigenvalue weighted by Crippen LogP contribution is 2.30. The third-order valence-electron chi connectivity index (χ3n) is 3.22. The first kappa shape index (κ1) is 14.3. The zero-order valence-electron chi connectivity index (χ0n) is 11.1. The van der Waals surface area contributed by atoms with Gasteiger partial charge in [-0.3, -0.25) is 4.79 Å². The van der Waals surface area contributed by atoms with Crippen LogP contribution >= 0.6 is 34.2 Å². The van der Waals surface area contributed by atoms with Gasteiger partial charge in [0, 0.05) is 20.8 Å². The van der Waals surface area contributed by atoms with E-state index < -0.39 is 5.24 Å². The van der Waals surface area contributed by atoms with Gasteiger partial charge in [-0.25, -0.2) is 4.98 Å². The molecule has 4 nitrogen and oxygen atoms in total. The maximum Gasteiger partial charge on any atom is 0.256 e. The minimum absolute atomic E-state index is 0.415. The Morgan fingerprint density at radius 1 is 1.38 bits per heavy atom. The first-order valence-corrected chi connectivity index (χ1v) is 7.71. The average molecular weight is 412 g/mol. The predicted molar refractivity (Wildman–Crippen MR) is 93.5 cm³/mol. The van der Waals surface area contributed by atoms with Crippen LogP contribution in [-0.4, -0.2) is 15.2 Å². The maximum atomic E-state index is 11.7. The Balaban J connectivity index is 2.12. The Bertz CT molecular complexity index is 844. The monoisotopic (exact) mass is 411 g/mol. The number of nitrogens with one attached hydrogen (secondary N) is 2. The van der Waals surface area contributed by atoms with Crippen molar-refractivity contribution in [2.45, 2.75) is 6.92 Å². The fourth-order valence-corrected chi connectivity index (χ4v) is 3.07. The zero-order valence-corrected chi connectivity index (χ0v) is 14.0. The number of benzene rings is 1. The minimum atomic E-state index is -0.514. The van der Waals surface area contributed by atoms with Crippen LogP contribution in [0.15, 0.2) is 36.5 Å². The Morgan fingerprint density at radius 2 is 2.19 bits per heavy atom. The van der Waals surface area contributed by atoms with Crippen molar-refractivity contribution in [2.24, 2.45) is 0 Å². The summed E-state index contributed by atoms with van der Waals surface area (Å²) in [4.78, 5) is 19.1. The number of nitrogens with zero attached hydrogens (tertiary/aromatic N) is 1. The first-order chi connectivity index (χ1) is 10.1. The Morgan fingerprint density at radius 3 is 2.90 bits per heavy atom. The molecule has 0 aliphatic heterocycles. The van der Waals surface area contributed by atoms with Gasteiger partial charge in [-0.15, -0.1) is 0 Å². The number of pyridine rings is 1. The van der Waals surface area contributed by atoms with Crippen molar-refractivity contribution in [2.75, 3.05) is 5.32 Å². The number of hydrogen-bond donors (Lipinski definition) is 2. The van der Waals surface area contributed by atoms with Gasteiger partial charge in [0.25, 0.3) is 5.24 Å². The van der Waals surface area contributed by atoms with Crippen molar-refractivity contribution in [3.8, 4) is 0 Å². The van der Waals surface area contributed by atoms with Crippen molar-refractivity contribution >= 4 is 62.0 Å². The first-order valence-electron chi connectivity index (χ1n) is 6.26. The van der Waals surface area contributed by atoms with Crippen LogP contribution in [0.4, 0.5) is 11.5 Å². The van der Waals surface area contributed by atoms with Crippen LogP contribution in [0.2, 0.25) is 0 Å². The highest BCUT2D eigenvalue weighted by atomic mass is 127. The van der Waals surface area contributed by atoms with Crippen LogP contribution in [0, 0.1) is 10.5 Å². The number of carbonyl (C=O) groups excluding carboxylic acids is 1. The fourth-order valence-electron chi connectivity index (χ4n) is 2.22.